The molecule has 274 valence electrons. The summed E-state index contributed by atoms with van der Waals surface area (Å²) in [6, 6.07) is 84.2. The summed E-state index contributed by atoms with van der Waals surface area (Å²) in [5, 5.41) is 1.11. The lowest BCUT2D eigenvalue weighted by Gasteiger charge is -2.26. The van der Waals surface area contributed by atoms with Crippen molar-refractivity contribution in [3.05, 3.63) is 237 Å². The van der Waals surface area contributed by atoms with Crippen LogP contribution in [0.15, 0.2) is 241 Å². The molecule has 9 aromatic carbocycles. The van der Waals surface area contributed by atoms with Crippen LogP contribution in [-0.2, 0) is 0 Å². The van der Waals surface area contributed by atoms with Gasteiger partial charge in [-0.15, -0.1) is 0 Å². The summed E-state index contributed by atoms with van der Waals surface area (Å²) >= 11 is 0. The quantitative estimate of drug-likeness (QED) is 0.146. The molecule has 0 radical (unpaired) electrons. The fourth-order valence-corrected chi connectivity index (χ4v) is 7.90. The molecule has 0 saturated carbocycles. The minimum absolute atomic E-state index is 0.877. The molecule has 2 heteroatoms. The molecule has 0 aliphatic rings. The van der Waals surface area contributed by atoms with E-state index in [0.29, 0.717) is 0 Å². The van der Waals surface area contributed by atoms with Crippen molar-refractivity contribution in [3.8, 4) is 67.0 Å². The summed E-state index contributed by atoms with van der Waals surface area (Å²) in [5.74, 6) is 0.877. The second kappa shape index (κ2) is 15.5. The van der Waals surface area contributed by atoms with Crippen molar-refractivity contribution in [3.63, 3.8) is 0 Å². The lowest BCUT2D eigenvalue weighted by atomic mass is 9.95. The van der Waals surface area contributed by atoms with Crippen molar-refractivity contribution >= 4 is 28.0 Å². The number of rotatable bonds is 9. The van der Waals surface area contributed by atoms with Crippen molar-refractivity contribution in [2.24, 2.45) is 0 Å². The molecule has 0 aliphatic heterocycles. The van der Waals surface area contributed by atoms with Gasteiger partial charge in [-0.05, 0) is 104 Å². The highest BCUT2D eigenvalue weighted by atomic mass is 16.3. The molecule has 0 atom stereocenters. The van der Waals surface area contributed by atoms with Crippen molar-refractivity contribution < 1.29 is 4.42 Å². The molecule has 0 amide bonds. The van der Waals surface area contributed by atoms with Crippen LogP contribution in [0.4, 0.5) is 17.1 Å². The Hall–Kier alpha value is -7.68. The predicted molar refractivity (Wildman–Crippen MR) is 244 cm³/mol. The topological polar surface area (TPSA) is 16.4 Å². The third kappa shape index (κ3) is 7.00. The van der Waals surface area contributed by atoms with Gasteiger partial charge in [-0.2, -0.15) is 0 Å². The van der Waals surface area contributed by atoms with Gasteiger partial charge in [-0.1, -0.05) is 188 Å². The highest BCUT2D eigenvalue weighted by Crippen LogP contribution is 2.40. The minimum Gasteiger partial charge on any atom is -0.456 e. The van der Waals surface area contributed by atoms with Gasteiger partial charge in [0.15, 0.2) is 0 Å². The summed E-state index contributed by atoms with van der Waals surface area (Å²) in [5.41, 5.74) is 17.1. The molecule has 0 unspecified atom stereocenters. The van der Waals surface area contributed by atoms with Crippen molar-refractivity contribution in [2.45, 2.75) is 0 Å². The van der Waals surface area contributed by atoms with Crippen LogP contribution in [0.5, 0.6) is 0 Å². The average molecular weight is 742 g/mol. The van der Waals surface area contributed by atoms with Gasteiger partial charge in [0, 0.05) is 28.0 Å². The minimum atomic E-state index is 0.877. The van der Waals surface area contributed by atoms with E-state index < -0.39 is 0 Å². The van der Waals surface area contributed by atoms with Gasteiger partial charge in [0.25, 0.3) is 0 Å². The molecule has 10 rings (SSSR count). The average Bonchev–Trinajstić information content (AvgIpc) is 3.75. The van der Waals surface area contributed by atoms with E-state index in [4.69, 9.17) is 4.42 Å². The largest absolute Gasteiger partial charge is 0.456 e. The van der Waals surface area contributed by atoms with Gasteiger partial charge in [-0.3, -0.25) is 0 Å². The summed E-state index contributed by atoms with van der Waals surface area (Å²) in [7, 11) is 0. The Morgan fingerprint density at radius 3 is 1.22 bits per heavy atom. The molecule has 10 aromatic rings. The maximum atomic E-state index is 6.27. The molecule has 58 heavy (non-hydrogen) atoms. The molecule has 2 nitrogen and oxygen atoms in total. The molecular weight excluding hydrogens is 703 g/mol. The van der Waals surface area contributed by atoms with Gasteiger partial charge in [-0.25, -0.2) is 0 Å². The lowest BCUT2D eigenvalue weighted by molar-refractivity contribution is 0.632. The van der Waals surface area contributed by atoms with E-state index in [9.17, 15) is 0 Å². The Morgan fingerprint density at radius 2 is 0.672 bits per heavy atom. The van der Waals surface area contributed by atoms with Crippen LogP contribution >= 0.6 is 0 Å². The number of furan rings is 1. The first-order valence-electron chi connectivity index (χ1n) is 19.7. The lowest BCUT2D eigenvalue weighted by Crippen LogP contribution is -2.10. The number of benzene rings is 9. The molecule has 0 aliphatic carbocycles. The first-order chi connectivity index (χ1) is 28.7. The zero-order valence-electron chi connectivity index (χ0n) is 31.9. The van der Waals surface area contributed by atoms with Gasteiger partial charge in [0.2, 0.25) is 0 Å². The van der Waals surface area contributed by atoms with E-state index in [-0.39, 0.29) is 0 Å². The highest BCUT2D eigenvalue weighted by Gasteiger charge is 2.16. The van der Waals surface area contributed by atoms with E-state index in [1.807, 2.05) is 18.2 Å². The number of nitrogens with zero attached hydrogens (tertiary/aromatic N) is 1. The highest BCUT2D eigenvalue weighted by molar-refractivity contribution is 5.89. The van der Waals surface area contributed by atoms with Gasteiger partial charge in [0.05, 0.1) is 0 Å². The van der Waals surface area contributed by atoms with Crippen LogP contribution < -0.4 is 4.90 Å². The summed E-state index contributed by atoms with van der Waals surface area (Å²) in [6.45, 7) is 0. The van der Waals surface area contributed by atoms with E-state index >= 15 is 0 Å². The molecule has 0 N–H and O–H groups in total. The van der Waals surface area contributed by atoms with Gasteiger partial charge in [0.1, 0.15) is 11.3 Å². The zero-order valence-corrected chi connectivity index (χ0v) is 31.9. The Bertz CT molecular complexity index is 2910. The fraction of sp³-hybridized carbons (Fsp3) is 0. The van der Waals surface area contributed by atoms with E-state index in [2.05, 4.69) is 223 Å². The number of anilines is 3. The zero-order chi connectivity index (χ0) is 38.7. The molecule has 1 heterocycles. The first-order valence-corrected chi connectivity index (χ1v) is 19.7. The summed E-state index contributed by atoms with van der Waals surface area (Å²) in [6.07, 6.45) is 0. The third-order valence-corrected chi connectivity index (χ3v) is 10.9. The predicted octanol–water partition coefficient (Wildman–Crippen LogP) is 15.9. The van der Waals surface area contributed by atoms with E-state index in [0.717, 1.165) is 61.6 Å². The first kappa shape index (κ1) is 34.8. The molecule has 1 aromatic heterocycles. The van der Waals surface area contributed by atoms with E-state index in [1.165, 1.54) is 33.4 Å². The second-order valence-electron chi connectivity index (χ2n) is 14.6. The number of para-hydroxylation sites is 1. The van der Waals surface area contributed by atoms with Crippen LogP contribution in [0.2, 0.25) is 0 Å². The third-order valence-electron chi connectivity index (χ3n) is 10.9. The molecular formula is C56H39NO. The van der Waals surface area contributed by atoms with Gasteiger partial charge >= 0.3 is 0 Å². The maximum absolute atomic E-state index is 6.27. The SMILES string of the molecule is c1ccc(-c2ccc(-c3ccc(N(c4ccc(-c5ccc(-c6ccccc6-c6cc7ccccc7o6)cc5)cc4)c4cccc(-c5ccccc5)c4)cc3)cc2)cc1. The van der Waals surface area contributed by atoms with Crippen LogP contribution in [0.3, 0.4) is 0 Å². The molecule has 0 spiro atoms. The van der Waals surface area contributed by atoms with Gasteiger partial charge < -0.3 is 9.32 Å². The summed E-state index contributed by atoms with van der Waals surface area (Å²) in [4.78, 5) is 2.34. The van der Waals surface area contributed by atoms with Crippen LogP contribution in [-0.4, -0.2) is 0 Å². The van der Waals surface area contributed by atoms with Crippen molar-refractivity contribution in [2.75, 3.05) is 4.90 Å². The second-order valence-corrected chi connectivity index (χ2v) is 14.6. The van der Waals surface area contributed by atoms with Crippen LogP contribution in [0.25, 0.3) is 77.9 Å². The maximum Gasteiger partial charge on any atom is 0.136 e. The smallest absolute Gasteiger partial charge is 0.136 e. The Labute approximate surface area is 339 Å². The Balaban J connectivity index is 0.957. The Morgan fingerprint density at radius 1 is 0.259 bits per heavy atom. The number of fused-ring (bicyclic) bond motifs is 1. The van der Waals surface area contributed by atoms with Crippen molar-refractivity contribution in [1.29, 1.82) is 0 Å². The Kier molecular flexibility index (Phi) is 9.27. The van der Waals surface area contributed by atoms with Crippen LogP contribution in [0.1, 0.15) is 0 Å². The standard InChI is InChI=1S/C56H39NO/c1-3-12-40(13-4-1)42-22-24-43(25-23-42)45-30-34-50(35-31-45)57(52-18-11-17-48(38-52)41-14-5-2-6-15-41)51-36-32-46(33-37-51)44-26-28-47(29-27-44)53-19-8-9-20-54(53)56-39-49-16-7-10-21-55(49)58-56/h1-39H. The molecule has 0 bridgehead atoms. The number of hydrogen-bond acceptors (Lipinski definition) is 2. The van der Waals surface area contributed by atoms with Crippen molar-refractivity contribution in [1.82, 2.24) is 0 Å². The normalized spacial score (nSPS) is 11.1. The fourth-order valence-electron chi connectivity index (χ4n) is 7.90. The van der Waals surface area contributed by atoms with Crippen LogP contribution in [0, 0.1) is 0 Å². The molecule has 0 fully saturated rings. The monoisotopic (exact) mass is 741 g/mol. The number of hydrogen-bond donors (Lipinski definition) is 0. The molecule has 0 saturated heterocycles. The summed E-state index contributed by atoms with van der Waals surface area (Å²) < 4.78 is 6.27. The van der Waals surface area contributed by atoms with E-state index in [1.54, 1.807) is 0 Å².